The summed E-state index contributed by atoms with van der Waals surface area (Å²) in [5.41, 5.74) is 1.22. The average Bonchev–Trinajstić information content (AvgIpc) is 2.59. The summed E-state index contributed by atoms with van der Waals surface area (Å²) in [6.45, 7) is 0.656. The Kier molecular flexibility index (Phi) is 6.44. The highest BCUT2D eigenvalue weighted by Crippen LogP contribution is 2.28. The molecule has 1 aromatic carbocycles. The van der Waals surface area contributed by atoms with Crippen molar-refractivity contribution in [1.82, 2.24) is 5.32 Å². The highest BCUT2D eigenvalue weighted by atomic mass is 16.5. The maximum absolute atomic E-state index is 12.1. The Morgan fingerprint density at radius 1 is 1.13 bits per heavy atom. The third-order valence-electron chi connectivity index (χ3n) is 4.55. The molecule has 23 heavy (non-hydrogen) atoms. The molecule has 0 spiro atoms. The van der Waals surface area contributed by atoms with E-state index >= 15 is 0 Å². The van der Waals surface area contributed by atoms with Gasteiger partial charge in [-0.25, -0.2) is 0 Å². The van der Waals surface area contributed by atoms with Gasteiger partial charge in [0.15, 0.2) is 0 Å². The van der Waals surface area contributed by atoms with Crippen molar-refractivity contribution in [3.8, 4) is 5.75 Å². The highest BCUT2D eigenvalue weighted by Gasteiger charge is 2.29. The number of carbonyl (C=O) groups is 2. The molecule has 2 rings (SSSR count). The van der Waals surface area contributed by atoms with Crippen LogP contribution in [-0.4, -0.2) is 30.6 Å². The lowest BCUT2D eigenvalue weighted by atomic mass is 9.81. The fraction of sp³-hybridized carbons (Fsp3) is 0.556. The number of benzene rings is 1. The predicted molar refractivity (Wildman–Crippen MR) is 87.4 cm³/mol. The van der Waals surface area contributed by atoms with Crippen molar-refractivity contribution >= 4 is 11.9 Å². The smallest absolute Gasteiger partial charge is 0.306 e. The molecule has 2 N–H and O–H groups in total. The van der Waals surface area contributed by atoms with Gasteiger partial charge in [0.05, 0.1) is 13.0 Å². The van der Waals surface area contributed by atoms with Gasteiger partial charge in [-0.1, -0.05) is 12.1 Å². The topological polar surface area (TPSA) is 75.6 Å². The van der Waals surface area contributed by atoms with E-state index in [0.29, 0.717) is 32.2 Å². The van der Waals surface area contributed by atoms with Gasteiger partial charge in [-0.15, -0.1) is 0 Å². The second-order valence-corrected chi connectivity index (χ2v) is 6.13. The molecule has 0 aromatic heterocycles. The molecular formula is C18H25NO4. The van der Waals surface area contributed by atoms with Crippen LogP contribution in [0.5, 0.6) is 5.75 Å². The molecule has 0 bridgehead atoms. The summed E-state index contributed by atoms with van der Waals surface area (Å²) >= 11 is 0. The second-order valence-electron chi connectivity index (χ2n) is 6.13. The van der Waals surface area contributed by atoms with Crippen molar-refractivity contribution in [3.63, 3.8) is 0 Å². The van der Waals surface area contributed by atoms with E-state index in [1.165, 1.54) is 5.56 Å². The first kappa shape index (κ1) is 17.3. The number of carboxylic acid groups (broad SMARTS) is 1. The lowest BCUT2D eigenvalue weighted by Gasteiger charge is -2.25. The zero-order valence-corrected chi connectivity index (χ0v) is 13.6. The van der Waals surface area contributed by atoms with Gasteiger partial charge < -0.3 is 15.2 Å². The number of amides is 1. The van der Waals surface area contributed by atoms with Crippen LogP contribution in [-0.2, 0) is 16.0 Å². The standard InChI is InChI=1S/C18H25NO4/c1-23-16-10-4-13(5-11-16)3-2-12-19-17(20)14-6-8-15(9-7-14)18(21)22/h4-5,10-11,14-15H,2-3,6-9,12H2,1H3,(H,19,20)(H,21,22). The summed E-state index contributed by atoms with van der Waals surface area (Å²) in [6, 6.07) is 7.95. The molecule has 1 aliphatic rings. The van der Waals surface area contributed by atoms with E-state index in [9.17, 15) is 9.59 Å². The van der Waals surface area contributed by atoms with E-state index in [1.54, 1.807) is 7.11 Å². The summed E-state index contributed by atoms with van der Waals surface area (Å²) in [5, 5.41) is 11.9. The van der Waals surface area contributed by atoms with Crippen molar-refractivity contribution in [2.45, 2.75) is 38.5 Å². The summed E-state index contributed by atoms with van der Waals surface area (Å²) < 4.78 is 5.12. The first-order chi connectivity index (χ1) is 11.1. The Balaban J connectivity index is 1.64. The van der Waals surface area contributed by atoms with Crippen molar-refractivity contribution in [2.24, 2.45) is 11.8 Å². The van der Waals surface area contributed by atoms with E-state index in [4.69, 9.17) is 9.84 Å². The number of methoxy groups -OCH3 is 1. The zero-order chi connectivity index (χ0) is 16.7. The Labute approximate surface area is 137 Å². The molecule has 0 atom stereocenters. The van der Waals surface area contributed by atoms with Gasteiger partial charge >= 0.3 is 5.97 Å². The minimum atomic E-state index is -0.733. The molecule has 1 fully saturated rings. The van der Waals surface area contributed by atoms with Gasteiger partial charge in [0.2, 0.25) is 5.91 Å². The van der Waals surface area contributed by atoms with Crippen LogP contribution in [0.2, 0.25) is 0 Å². The van der Waals surface area contributed by atoms with Crippen molar-refractivity contribution in [1.29, 1.82) is 0 Å². The van der Waals surface area contributed by atoms with Crippen molar-refractivity contribution < 1.29 is 19.4 Å². The Morgan fingerprint density at radius 2 is 1.74 bits per heavy atom. The second kappa shape index (κ2) is 8.56. The lowest BCUT2D eigenvalue weighted by Crippen LogP contribution is -2.35. The van der Waals surface area contributed by atoms with Crippen LogP contribution in [0, 0.1) is 11.8 Å². The number of hydrogen-bond acceptors (Lipinski definition) is 3. The van der Waals surface area contributed by atoms with E-state index in [0.717, 1.165) is 18.6 Å². The summed E-state index contributed by atoms with van der Waals surface area (Å²) in [7, 11) is 1.65. The van der Waals surface area contributed by atoms with E-state index in [-0.39, 0.29) is 17.7 Å². The third-order valence-corrected chi connectivity index (χ3v) is 4.55. The van der Waals surface area contributed by atoms with Crippen LogP contribution >= 0.6 is 0 Å². The molecule has 0 radical (unpaired) electrons. The van der Waals surface area contributed by atoms with Gasteiger partial charge in [0, 0.05) is 12.5 Å². The fourth-order valence-corrected chi connectivity index (χ4v) is 3.04. The minimum Gasteiger partial charge on any atom is -0.497 e. The van der Waals surface area contributed by atoms with Crippen molar-refractivity contribution in [2.75, 3.05) is 13.7 Å². The summed E-state index contributed by atoms with van der Waals surface area (Å²) in [6.07, 6.45) is 4.39. The Morgan fingerprint density at radius 3 is 2.30 bits per heavy atom. The number of hydrogen-bond donors (Lipinski definition) is 2. The van der Waals surface area contributed by atoms with Gasteiger partial charge in [-0.3, -0.25) is 9.59 Å². The molecular weight excluding hydrogens is 294 g/mol. The Hall–Kier alpha value is -2.04. The number of aliphatic carboxylic acids is 1. The molecule has 0 saturated heterocycles. The van der Waals surface area contributed by atoms with Crippen LogP contribution in [0.25, 0.3) is 0 Å². The molecule has 1 amide bonds. The van der Waals surface area contributed by atoms with Gasteiger partial charge in [0.25, 0.3) is 0 Å². The quantitative estimate of drug-likeness (QED) is 0.758. The fourth-order valence-electron chi connectivity index (χ4n) is 3.04. The van der Waals surface area contributed by atoms with Gasteiger partial charge in [0.1, 0.15) is 5.75 Å². The molecule has 126 valence electrons. The number of nitrogens with one attached hydrogen (secondary N) is 1. The molecule has 1 aromatic rings. The third kappa shape index (κ3) is 5.27. The van der Waals surface area contributed by atoms with E-state index in [1.807, 2.05) is 24.3 Å². The molecule has 1 saturated carbocycles. The average molecular weight is 319 g/mol. The molecule has 0 aliphatic heterocycles. The van der Waals surface area contributed by atoms with Crippen LogP contribution in [0.3, 0.4) is 0 Å². The molecule has 1 aliphatic carbocycles. The van der Waals surface area contributed by atoms with Gasteiger partial charge in [-0.05, 0) is 56.2 Å². The number of ether oxygens (including phenoxy) is 1. The number of rotatable bonds is 7. The predicted octanol–water partition coefficient (Wildman–Crippen LogP) is 2.64. The highest BCUT2D eigenvalue weighted by molar-refractivity contribution is 5.79. The van der Waals surface area contributed by atoms with Crippen LogP contribution in [0.1, 0.15) is 37.7 Å². The van der Waals surface area contributed by atoms with Crippen LogP contribution in [0.4, 0.5) is 0 Å². The SMILES string of the molecule is COc1ccc(CCCNC(=O)C2CCC(C(=O)O)CC2)cc1. The number of carbonyl (C=O) groups excluding carboxylic acids is 1. The van der Waals surface area contributed by atoms with Crippen LogP contribution < -0.4 is 10.1 Å². The largest absolute Gasteiger partial charge is 0.497 e. The maximum Gasteiger partial charge on any atom is 0.306 e. The first-order valence-corrected chi connectivity index (χ1v) is 8.23. The normalized spacial score (nSPS) is 20.7. The monoisotopic (exact) mass is 319 g/mol. The van der Waals surface area contributed by atoms with Crippen molar-refractivity contribution in [3.05, 3.63) is 29.8 Å². The zero-order valence-electron chi connectivity index (χ0n) is 13.6. The summed E-state index contributed by atoms with van der Waals surface area (Å²) in [4.78, 5) is 23.0. The van der Waals surface area contributed by atoms with Crippen LogP contribution in [0.15, 0.2) is 24.3 Å². The Bertz CT molecular complexity index is 518. The lowest BCUT2D eigenvalue weighted by molar-refractivity contribution is -0.144. The number of aryl methyl sites for hydroxylation is 1. The maximum atomic E-state index is 12.1. The molecule has 5 heteroatoms. The molecule has 0 unspecified atom stereocenters. The molecule has 5 nitrogen and oxygen atoms in total. The number of carboxylic acids is 1. The van der Waals surface area contributed by atoms with E-state index in [2.05, 4.69) is 5.32 Å². The first-order valence-electron chi connectivity index (χ1n) is 8.23. The van der Waals surface area contributed by atoms with E-state index < -0.39 is 5.97 Å². The van der Waals surface area contributed by atoms with Gasteiger partial charge in [-0.2, -0.15) is 0 Å². The minimum absolute atomic E-state index is 0.0217. The summed E-state index contributed by atoms with van der Waals surface area (Å²) in [5.74, 6) is -0.105. The molecule has 0 heterocycles.